The highest BCUT2D eigenvalue weighted by molar-refractivity contribution is 7.06. The van der Waals surface area contributed by atoms with E-state index in [9.17, 15) is 0 Å². The summed E-state index contributed by atoms with van der Waals surface area (Å²) < 4.78 is 9.59. The van der Waals surface area contributed by atoms with Crippen molar-refractivity contribution in [2.24, 2.45) is 0 Å². The maximum Gasteiger partial charge on any atom is 0.135 e. The summed E-state index contributed by atoms with van der Waals surface area (Å²) in [4.78, 5) is 2.75. The predicted molar refractivity (Wildman–Crippen MR) is 193 cm³/mol. The van der Waals surface area contributed by atoms with E-state index in [1.807, 2.05) is 0 Å². The summed E-state index contributed by atoms with van der Waals surface area (Å²) in [5.74, 6) is 0. The molecule has 0 radical (unpaired) electrons. The van der Waals surface area contributed by atoms with Crippen LogP contribution >= 0.6 is 0 Å². The molecule has 0 aromatic heterocycles. The molecule has 0 atom stereocenters. The van der Waals surface area contributed by atoms with Crippen LogP contribution in [0, 0.1) is 0 Å². The minimum atomic E-state index is -2.11. The molecule has 0 heterocycles. The Labute approximate surface area is 253 Å². The van der Waals surface area contributed by atoms with Crippen LogP contribution in [0.5, 0.6) is 0 Å². The van der Waals surface area contributed by atoms with Crippen molar-refractivity contribution in [2.75, 3.05) is 13.6 Å². The molecule has 0 spiro atoms. The van der Waals surface area contributed by atoms with Gasteiger partial charge in [0.2, 0.25) is 0 Å². The van der Waals surface area contributed by atoms with E-state index >= 15 is 0 Å². The van der Waals surface area contributed by atoms with E-state index in [-0.39, 0.29) is 30.2 Å². The zero-order valence-electron chi connectivity index (χ0n) is 31.7. The van der Waals surface area contributed by atoms with Gasteiger partial charge in [-0.15, -0.1) is 0 Å². The Morgan fingerprint density at radius 3 is 0.769 bits per heavy atom. The van der Waals surface area contributed by atoms with Crippen LogP contribution in [-0.2, 0) is 0 Å². The molecular weight excluding hydrogens is 539 g/mol. The predicted octanol–water partition coefficient (Wildman–Crippen LogP) is 10.7. The van der Waals surface area contributed by atoms with Crippen LogP contribution in [0.4, 0.5) is 0 Å². The van der Waals surface area contributed by atoms with Gasteiger partial charge in [-0.25, -0.2) is 0 Å². The fourth-order valence-electron chi connectivity index (χ4n) is 11.2. The fraction of sp³-hybridized carbons (Fsp3) is 1.00. The highest BCUT2D eigenvalue weighted by Crippen LogP contribution is 2.62. The van der Waals surface area contributed by atoms with Crippen molar-refractivity contribution >= 4 is 32.9 Å². The van der Waals surface area contributed by atoms with Crippen molar-refractivity contribution < 1.29 is 0 Å². The van der Waals surface area contributed by atoms with E-state index in [1.165, 1.54) is 0 Å². The lowest BCUT2D eigenvalue weighted by Crippen LogP contribution is -2.85. The monoisotopic (exact) mass is 616 g/mol. The zero-order valence-corrected chi connectivity index (χ0v) is 35.7. The maximum absolute atomic E-state index is 4.80. The van der Waals surface area contributed by atoms with Gasteiger partial charge < -0.3 is 14.2 Å². The molecule has 0 amide bonds. The van der Waals surface area contributed by atoms with Crippen LogP contribution < -0.4 is 9.30 Å². The molecule has 0 rings (SSSR count). The Kier molecular flexibility index (Phi) is 11.6. The summed E-state index contributed by atoms with van der Waals surface area (Å²) in [6.45, 7) is 59.7. The molecule has 7 heteroatoms. The summed E-state index contributed by atoms with van der Waals surface area (Å²) in [6.07, 6.45) is 0. The Morgan fingerprint density at radius 1 is 0.462 bits per heavy atom. The molecule has 0 bridgehead atoms. The van der Waals surface area contributed by atoms with E-state index in [1.54, 1.807) is 0 Å². The number of nitrogens with zero attached hydrogens (tertiary/aromatic N) is 1. The lowest BCUT2D eigenvalue weighted by atomic mass is 10.2. The first-order chi connectivity index (χ1) is 16.5. The summed E-state index contributed by atoms with van der Waals surface area (Å²) >= 11 is 0. The first-order valence-electron chi connectivity index (χ1n) is 15.8. The lowest BCUT2D eigenvalue weighted by Gasteiger charge is -2.65. The maximum atomic E-state index is 4.80. The van der Waals surface area contributed by atoms with Gasteiger partial charge in [0.25, 0.3) is 0 Å². The average Bonchev–Trinajstić information content (AvgIpc) is 2.57. The molecule has 0 saturated heterocycles. The van der Waals surface area contributed by atoms with Crippen molar-refractivity contribution in [1.82, 2.24) is 14.2 Å². The van der Waals surface area contributed by atoms with Crippen molar-refractivity contribution in [3.05, 3.63) is 0 Å². The molecule has 0 saturated carbocycles. The molecule has 236 valence electrons. The van der Waals surface area contributed by atoms with E-state index in [2.05, 4.69) is 170 Å². The smallest absolute Gasteiger partial charge is 0.135 e. The van der Waals surface area contributed by atoms with E-state index in [0.29, 0.717) is 5.29 Å². The van der Waals surface area contributed by atoms with Gasteiger partial charge in [-0.05, 0) is 43.8 Å². The number of rotatable bonds is 8. The molecule has 39 heavy (non-hydrogen) atoms. The minimum absolute atomic E-state index is 0.225. The Hall–Kier alpha value is 0.748. The normalized spacial score (nSPS) is 16.5. The van der Waals surface area contributed by atoms with Crippen LogP contribution in [0.1, 0.15) is 132 Å². The molecule has 0 unspecified atom stereocenters. The SMILES string of the molecule is CCN(C)C([Si](C)(C)N[Si](C(C)(C)C)(C(C)(C)C)C(C)(C)C)[Si](C)(C)N[Si](C(C)(C)C)(C(C)(C)C)C(C)(C)C. The van der Waals surface area contributed by atoms with E-state index in [0.717, 1.165) is 6.54 Å². The molecular formula is C32H77N3Si4. The van der Waals surface area contributed by atoms with Gasteiger partial charge in [0, 0.05) is 5.29 Å². The number of nitrogens with one attached hydrogen (secondary N) is 2. The summed E-state index contributed by atoms with van der Waals surface area (Å²) in [5.41, 5.74) is 0. The minimum Gasteiger partial charge on any atom is -0.357 e. The van der Waals surface area contributed by atoms with Gasteiger partial charge in [-0.2, -0.15) is 0 Å². The van der Waals surface area contributed by atoms with Crippen LogP contribution in [0.15, 0.2) is 0 Å². The van der Waals surface area contributed by atoms with Crippen LogP contribution in [0.3, 0.4) is 0 Å². The van der Waals surface area contributed by atoms with E-state index in [4.69, 9.17) is 9.30 Å². The average molecular weight is 616 g/mol. The zero-order chi connectivity index (χ0) is 32.3. The van der Waals surface area contributed by atoms with Gasteiger partial charge in [0.1, 0.15) is 32.9 Å². The summed E-state index contributed by atoms with van der Waals surface area (Å²) in [7, 11) is -5.88. The molecule has 2 N–H and O–H groups in total. The highest BCUT2D eigenvalue weighted by Gasteiger charge is 2.66. The molecule has 0 aromatic carbocycles. The highest BCUT2D eigenvalue weighted by atomic mass is 28.4. The number of hydrogen-bond donors (Lipinski definition) is 2. The molecule has 0 aliphatic carbocycles. The second-order valence-corrected chi connectivity index (χ2v) is 42.7. The second-order valence-electron chi connectivity index (χ2n) is 20.2. The molecule has 3 nitrogen and oxygen atoms in total. The van der Waals surface area contributed by atoms with Crippen LogP contribution in [-0.4, -0.2) is 56.7 Å². The second kappa shape index (κ2) is 11.3. The van der Waals surface area contributed by atoms with Crippen molar-refractivity contribution in [1.29, 1.82) is 0 Å². The Balaban J connectivity index is 7.56. The quantitative estimate of drug-likeness (QED) is 0.266. The molecule has 0 aliphatic heterocycles. The van der Waals surface area contributed by atoms with Gasteiger partial charge >= 0.3 is 0 Å². The largest absolute Gasteiger partial charge is 0.357 e. The standard InChI is InChI=1S/C32H77N3Si4/c1-25-35(20)26(36(21,22)33-38(27(2,3)4,28(5,6)7)29(8,9)10)37(23,24)34-39(30(11,12)13,31(14,15)16)32(17,18)19/h26,33-34H,25H2,1-24H3. The van der Waals surface area contributed by atoms with E-state index < -0.39 is 32.9 Å². The first kappa shape index (κ1) is 39.7. The molecule has 0 fully saturated rings. The molecule has 0 aliphatic rings. The first-order valence-corrected chi connectivity index (χ1v) is 26.0. The fourth-order valence-corrected chi connectivity index (χ4v) is 53.6. The topological polar surface area (TPSA) is 27.3 Å². The third kappa shape index (κ3) is 7.29. The van der Waals surface area contributed by atoms with Gasteiger partial charge in [0.15, 0.2) is 0 Å². The lowest BCUT2D eigenvalue weighted by molar-refractivity contribution is 0.361. The Morgan fingerprint density at radius 2 is 0.641 bits per heavy atom. The third-order valence-electron chi connectivity index (χ3n) is 10.1. The van der Waals surface area contributed by atoms with Crippen LogP contribution in [0.2, 0.25) is 56.4 Å². The summed E-state index contributed by atoms with van der Waals surface area (Å²) in [6, 6.07) is 0. The van der Waals surface area contributed by atoms with Crippen molar-refractivity contribution in [3.63, 3.8) is 0 Å². The van der Waals surface area contributed by atoms with Gasteiger partial charge in [0.05, 0.1) is 0 Å². The molecule has 0 aromatic rings. The van der Waals surface area contributed by atoms with Crippen LogP contribution in [0.25, 0.3) is 0 Å². The number of hydrogen-bond acceptors (Lipinski definition) is 3. The van der Waals surface area contributed by atoms with Gasteiger partial charge in [-0.3, -0.25) is 0 Å². The van der Waals surface area contributed by atoms with Crippen molar-refractivity contribution in [2.45, 2.75) is 193 Å². The van der Waals surface area contributed by atoms with Crippen molar-refractivity contribution in [3.8, 4) is 0 Å². The Bertz CT molecular complexity index is 671. The summed E-state index contributed by atoms with van der Waals surface area (Å²) in [5, 5.41) is 1.91. The van der Waals surface area contributed by atoms with Gasteiger partial charge in [-0.1, -0.05) is 158 Å². The third-order valence-corrected chi connectivity index (χ3v) is 39.7.